The van der Waals surface area contributed by atoms with Gasteiger partial charge in [0.05, 0.1) is 24.2 Å². The third-order valence-corrected chi connectivity index (χ3v) is 4.55. The lowest BCUT2D eigenvalue weighted by Crippen LogP contribution is -2.31. The molecule has 0 atom stereocenters. The molecular weight excluding hydrogens is 306 g/mol. The summed E-state index contributed by atoms with van der Waals surface area (Å²) in [6.45, 7) is 5.43. The molecule has 0 spiro atoms. The van der Waals surface area contributed by atoms with Gasteiger partial charge in [-0.05, 0) is 44.5 Å². The van der Waals surface area contributed by atoms with E-state index in [9.17, 15) is 8.42 Å². The van der Waals surface area contributed by atoms with E-state index in [4.69, 9.17) is 14.2 Å². The number of hydrogen-bond donors (Lipinski definition) is 1. The van der Waals surface area contributed by atoms with Gasteiger partial charge in [0.25, 0.3) is 0 Å². The Labute approximate surface area is 131 Å². The van der Waals surface area contributed by atoms with Crippen LogP contribution in [0, 0.1) is 0 Å². The van der Waals surface area contributed by atoms with Crippen molar-refractivity contribution in [3.63, 3.8) is 0 Å². The lowest BCUT2D eigenvalue weighted by Gasteiger charge is -2.23. The third-order valence-electron chi connectivity index (χ3n) is 3.07. The molecule has 0 aromatic heterocycles. The number of benzene rings is 1. The van der Waals surface area contributed by atoms with Crippen LogP contribution in [0.2, 0.25) is 0 Å². The second kappa shape index (κ2) is 7.92. The minimum Gasteiger partial charge on any atom is -0.491 e. The molecule has 1 heterocycles. The molecule has 0 radical (unpaired) electrons. The van der Waals surface area contributed by atoms with Gasteiger partial charge in [0, 0.05) is 13.0 Å². The van der Waals surface area contributed by atoms with Crippen molar-refractivity contribution < 1.29 is 22.6 Å². The van der Waals surface area contributed by atoms with Gasteiger partial charge in [0.2, 0.25) is 10.0 Å². The molecule has 7 heteroatoms. The zero-order valence-electron chi connectivity index (χ0n) is 12.9. The van der Waals surface area contributed by atoms with E-state index in [2.05, 4.69) is 4.72 Å². The summed E-state index contributed by atoms with van der Waals surface area (Å²) in [7, 11) is -3.52. The molecule has 2 rings (SSSR count). The van der Waals surface area contributed by atoms with Gasteiger partial charge in [-0.25, -0.2) is 13.1 Å². The molecule has 1 aromatic carbocycles. The summed E-state index contributed by atoms with van der Waals surface area (Å²) < 4.78 is 43.2. The molecule has 22 heavy (non-hydrogen) atoms. The van der Waals surface area contributed by atoms with E-state index in [-0.39, 0.29) is 23.8 Å². The fourth-order valence-electron chi connectivity index (χ4n) is 2.07. The standard InChI is InChI=1S/C15H23NO5S/c1-12(2)21-13-4-6-14(7-5-13)22(17,18)16-9-8-15-19-10-3-11-20-15/h4-7,12,15-16H,3,8-11H2,1-2H3. The molecule has 0 bridgehead atoms. The zero-order valence-corrected chi connectivity index (χ0v) is 13.8. The van der Waals surface area contributed by atoms with Crippen molar-refractivity contribution in [2.75, 3.05) is 19.8 Å². The molecule has 1 fully saturated rings. The Morgan fingerprint density at radius 3 is 2.45 bits per heavy atom. The first-order valence-corrected chi connectivity index (χ1v) is 8.95. The highest BCUT2D eigenvalue weighted by molar-refractivity contribution is 7.89. The quantitative estimate of drug-likeness (QED) is 0.827. The SMILES string of the molecule is CC(C)Oc1ccc(S(=O)(=O)NCCC2OCCCO2)cc1. The number of ether oxygens (including phenoxy) is 3. The van der Waals surface area contributed by atoms with Crippen molar-refractivity contribution in [3.05, 3.63) is 24.3 Å². The van der Waals surface area contributed by atoms with Crippen molar-refractivity contribution in [1.29, 1.82) is 0 Å². The van der Waals surface area contributed by atoms with Crippen LogP contribution in [0.15, 0.2) is 29.2 Å². The van der Waals surface area contributed by atoms with Crippen LogP contribution < -0.4 is 9.46 Å². The number of hydrogen-bond acceptors (Lipinski definition) is 5. The van der Waals surface area contributed by atoms with E-state index in [1.165, 1.54) is 12.1 Å². The highest BCUT2D eigenvalue weighted by Gasteiger charge is 2.17. The van der Waals surface area contributed by atoms with Gasteiger partial charge in [0.1, 0.15) is 5.75 Å². The summed E-state index contributed by atoms with van der Waals surface area (Å²) >= 11 is 0. The Bertz CT molecular complexity index is 550. The van der Waals surface area contributed by atoms with Gasteiger partial charge >= 0.3 is 0 Å². The summed E-state index contributed by atoms with van der Waals surface area (Å²) in [6, 6.07) is 6.38. The second-order valence-corrected chi connectivity index (χ2v) is 7.12. The van der Waals surface area contributed by atoms with E-state index in [1.54, 1.807) is 12.1 Å². The summed E-state index contributed by atoms with van der Waals surface area (Å²) in [6.07, 6.45) is 1.11. The smallest absolute Gasteiger partial charge is 0.240 e. The summed E-state index contributed by atoms with van der Waals surface area (Å²) in [5.41, 5.74) is 0. The fourth-order valence-corrected chi connectivity index (χ4v) is 3.11. The minimum absolute atomic E-state index is 0.0519. The largest absolute Gasteiger partial charge is 0.491 e. The highest BCUT2D eigenvalue weighted by atomic mass is 32.2. The molecular formula is C15H23NO5S. The fraction of sp³-hybridized carbons (Fsp3) is 0.600. The lowest BCUT2D eigenvalue weighted by molar-refractivity contribution is -0.180. The first-order chi connectivity index (χ1) is 10.5. The molecule has 1 aromatic rings. The Morgan fingerprint density at radius 1 is 1.23 bits per heavy atom. The van der Waals surface area contributed by atoms with Crippen molar-refractivity contribution in [1.82, 2.24) is 4.72 Å². The molecule has 1 aliphatic rings. The lowest BCUT2D eigenvalue weighted by atomic mass is 10.3. The van der Waals surface area contributed by atoms with Crippen LogP contribution in [0.25, 0.3) is 0 Å². The Hall–Kier alpha value is -1.15. The summed E-state index contributed by atoms with van der Waals surface area (Å²) in [5.74, 6) is 0.651. The predicted molar refractivity (Wildman–Crippen MR) is 82.3 cm³/mol. The first kappa shape index (κ1) is 17.2. The van der Waals surface area contributed by atoms with Crippen molar-refractivity contribution >= 4 is 10.0 Å². The van der Waals surface area contributed by atoms with E-state index in [0.29, 0.717) is 25.4 Å². The molecule has 0 amide bonds. The highest BCUT2D eigenvalue weighted by Crippen LogP contribution is 2.17. The average molecular weight is 329 g/mol. The van der Waals surface area contributed by atoms with E-state index < -0.39 is 10.0 Å². The van der Waals surface area contributed by atoms with Crippen LogP contribution in [-0.4, -0.2) is 40.6 Å². The molecule has 1 saturated heterocycles. The van der Waals surface area contributed by atoms with Crippen LogP contribution in [0.5, 0.6) is 5.75 Å². The maximum atomic E-state index is 12.2. The van der Waals surface area contributed by atoms with Crippen molar-refractivity contribution in [3.8, 4) is 5.75 Å². The second-order valence-electron chi connectivity index (χ2n) is 5.35. The molecule has 0 aliphatic carbocycles. The molecule has 6 nitrogen and oxygen atoms in total. The predicted octanol–water partition coefficient (Wildman–Crippen LogP) is 1.91. The van der Waals surface area contributed by atoms with Crippen LogP contribution in [0.3, 0.4) is 0 Å². The van der Waals surface area contributed by atoms with E-state index in [1.807, 2.05) is 13.8 Å². The number of sulfonamides is 1. The average Bonchev–Trinajstić information content (AvgIpc) is 2.48. The van der Waals surface area contributed by atoms with E-state index in [0.717, 1.165) is 6.42 Å². The van der Waals surface area contributed by atoms with Gasteiger partial charge in [-0.3, -0.25) is 0 Å². The maximum absolute atomic E-state index is 12.2. The van der Waals surface area contributed by atoms with Crippen LogP contribution in [0.4, 0.5) is 0 Å². The van der Waals surface area contributed by atoms with Crippen molar-refractivity contribution in [2.24, 2.45) is 0 Å². The first-order valence-electron chi connectivity index (χ1n) is 7.47. The number of nitrogens with one attached hydrogen (secondary N) is 1. The van der Waals surface area contributed by atoms with Gasteiger partial charge in [-0.2, -0.15) is 0 Å². The van der Waals surface area contributed by atoms with Crippen LogP contribution >= 0.6 is 0 Å². The summed E-state index contributed by atoms with van der Waals surface area (Å²) in [5, 5.41) is 0. The Morgan fingerprint density at radius 2 is 1.86 bits per heavy atom. The Balaban J connectivity index is 1.86. The third kappa shape index (κ3) is 5.24. The van der Waals surface area contributed by atoms with Gasteiger partial charge in [-0.15, -0.1) is 0 Å². The van der Waals surface area contributed by atoms with Gasteiger partial charge in [-0.1, -0.05) is 0 Å². The molecule has 0 saturated carbocycles. The minimum atomic E-state index is -3.52. The van der Waals surface area contributed by atoms with Crippen LogP contribution in [0.1, 0.15) is 26.7 Å². The van der Waals surface area contributed by atoms with Gasteiger partial charge < -0.3 is 14.2 Å². The van der Waals surface area contributed by atoms with Gasteiger partial charge in [0.15, 0.2) is 6.29 Å². The normalized spacial score (nSPS) is 16.9. The topological polar surface area (TPSA) is 73.9 Å². The zero-order chi connectivity index (χ0) is 16.0. The van der Waals surface area contributed by atoms with Crippen molar-refractivity contribution in [2.45, 2.75) is 44.0 Å². The molecule has 1 aliphatic heterocycles. The molecule has 0 unspecified atom stereocenters. The molecule has 1 N–H and O–H groups in total. The maximum Gasteiger partial charge on any atom is 0.240 e. The molecule has 124 valence electrons. The summed E-state index contributed by atoms with van der Waals surface area (Å²) in [4.78, 5) is 0.217. The number of rotatable bonds is 7. The van der Waals surface area contributed by atoms with Crippen LogP contribution in [-0.2, 0) is 19.5 Å². The van der Waals surface area contributed by atoms with E-state index >= 15 is 0 Å². The monoisotopic (exact) mass is 329 g/mol. The Kier molecular flexibility index (Phi) is 6.19.